The molecule has 3 N–H and O–H groups in total. The second-order valence-corrected chi connectivity index (χ2v) is 7.07. The van der Waals surface area contributed by atoms with E-state index >= 15 is 0 Å². The summed E-state index contributed by atoms with van der Waals surface area (Å²) in [5.41, 5.74) is 5.79. The van der Waals surface area contributed by atoms with Gasteiger partial charge in [-0.1, -0.05) is 15.9 Å². The van der Waals surface area contributed by atoms with E-state index in [2.05, 4.69) is 41.6 Å². The first-order chi connectivity index (χ1) is 8.88. The fourth-order valence-corrected chi connectivity index (χ4v) is 3.91. The van der Waals surface area contributed by atoms with Crippen LogP contribution in [0.15, 0.2) is 50.4 Å². The monoisotopic (exact) mass is 405 g/mol. The van der Waals surface area contributed by atoms with Crippen molar-refractivity contribution in [3.05, 3.63) is 45.5 Å². The van der Waals surface area contributed by atoms with Crippen LogP contribution in [0.3, 0.4) is 0 Å². The minimum absolute atomic E-state index is 0.138. The molecule has 0 amide bonds. The molecule has 0 aliphatic rings. The second kappa shape index (κ2) is 5.48. The molecule has 0 saturated carbocycles. The normalized spacial score (nSPS) is 11.3. The first kappa shape index (κ1) is 14.3. The summed E-state index contributed by atoms with van der Waals surface area (Å²) >= 11 is 6.46. The standard InChI is InChI=1S/C11H9Br2N3O2S/c12-7-1-3-9(13)10(5-7)19(17,18)16-8-2-4-11(14)15-6-8/h1-6,16H,(H2,14,15). The number of anilines is 2. The molecule has 0 aliphatic carbocycles. The lowest BCUT2D eigenvalue weighted by molar-refractivity contribution is 0.600. The number of sulfonamides is 1. The van der Waals surface area contributed by atoms with Crippen molar-refractivity contribution in [2.75, 3.05) is 10.5 Å². The highest BCUT2D eigenvalue weighted by atomic mass is 79.9. The largest absolute Gasteiger partial charge is 0.384 e. The third kappa shape index (κ3) is 3.46. The van der Waals surface area contributed by atoms with Gasteiger partial charge in [-0.2, -0.15) is 0 Å². The molecule has 1 aromatic carbocycles. The third-order valence-electron chi connectivity index (χ3n) is 2.22. The van der Waals surface area contributed by atoms with E-state index in [-0.39, 0.29) is 4.90 Å². The first-order valence-electron chi connectivity index (χ1n) is 5.08. The Labute approximate surface area is 127 Å². The molecule has 0 aliphatic heterocycles. The van der Waals surface area contributed by atoms with Crippen molar-refractivity contribution in [1.82, 2.24) is 4.98 Å². The SMILES string of the molecule is Nc1ccc(NS(=O)(=O)c2cc(Br)ccc2Br)cn1. The number of hydrogen-bond donors (Lipinski definition) is 2. The van der Waals surface area contributed by atoms with Crippen LogP contribution in [0.25, 0.3) is 0 Å². The minimum Gasteiger partial charge on any atom is -0.384 e. The van der Waals surface area contributed by atoms with Gasteiger partial charge >= 0.3 is 0 Å². The van der Waals surface area contributed by atoms with Crippen LogP contribution in [0.5, 0.6) is 0 Å². The number of nitrogen functional groups attached to an aromatic ring is 1. The lowest BCUT2D eigenvalue weighted by atomic mass is 10.4. The van der Waals surface area contributed by atoms with Gasteiger partial charge in [-0.15, -0.1) is 0 Å². The van der Waals surface area contributed by atoms with Crippen LogP contribution in [-0.2, 0) is 10.0 Å². The fourth-order valence-electron chi connectivity index (χ4n) is 1.36. The van der Waals surface area contributed by atoms with Gasteiger partial charge in [-0.05, 0) is 46.3 Å². The van der Waals surface area contributed by atoms with E-state index in [1.54, 1.807) is 18.2 Å². The van der Waals surface area contributed by atoms with E-state index < -0.39 is 10.0 Å². The zero-order chi connectivity index (χ0) is 14.0. The molecule has 2 aromatic rings. The molecule has 100 valence electrons. The number of nitrogens with one attached hydrogen (secondary N) is 1. The molecular weight excluding hydrogens is 398 g/mol. The van der Waals surface area contributed by atoms with Gasteiger partial charge in [0, 0.05) is 8.95 Å². The van der Waals surface area contributed by atoms with Crippen LogP contribution < -0.4 is 10.5 Å². The van der Waals surface area contributed by atoms with Gasteiger partial charge in [0.25, 0.3) is 10.0 Å². The molecule has 0 fully saturated rings. The van der Waals surface area contributed by atoms with E-state index in [4.69, 9.17) is 5.73 Å². The number of hydrogen-bond acceptors (Lipinski definition) is 4. The zero-order valence-electron chi connectivity index (χ0n) is 9.47. The number of rotatable bonds is 3. The van der Waals surface area contributed by atoms with Gasteiger partial charge in [0.05, 0.1) is 11.9 Å². The summed E-state index contributed by atoms with van der Waals surface area (Å²) < 4.78 is 28.1. The van der Waals surface area contributed by atoms with Gasteiger partial charge in [0.1, 0.15) is 10.7 Å². The van der Waals surface area contributed by atoms with E-state index in [1.165, 1.54) is 18.3 Å². The van der Waals surface area contributed by atoms with Crippen molar-refractivity contribution < 1.29 is 8.42 Å². The molecule has 0 unspecified atom stereocenters. The lowest BCUT2D eigenvalue weighted by Gasteiger charge is -2.09. The summed E-state index contributed by atoms with van der Waals surface area (Å²) in [4.78, 5) is 3.96. The zero-order valence-corrected chi connectivity index (χ0v) is 13.5. The molecular formula is C11H9Br2N3O2S. The summed E-state index contributed by atoms with van der Waals surface area (Å²) in [7, 11) is -3.69. The van der Waals surface area contributed by atoms with Gasteiger partial charge in [-0.25, -0.2) is 13.4 Å². The maximum Gasteiger partial charge on any atom is 0.263 e. The van der Waals surface area contributed by atoms with E-state index in [0.29, 0.717) is 20.5 Å². The van der Waals surface area contributed by atoms with E-state index in [0.717, 1.165) is 0 Å². The topological polar surface area (TPSA) is 85.1 Å². The van der Waals surface area contributed by atoms with Gasteiger partial charge in [0.15, 0.2) is 0 Å². The molecule has 0 saturated heterocycles. The number of nitrogens with zero attached hydrogens (tertiary/aromatic N) is 1. The molecule has 19 heavy (non-hydrogen) atoms. The number of benzene rings is 1. The smallest absolute Gasteiger partial charge is 0.263 e. The summed E-state index contributed by atoms with van der Waals surface area (Å²) in [6, 6.07) is 7.98. The molecule has 0 bridgehead atoms. The molecule has 1 aromatic heterocycles. The highest BCUT2D eigenvalue weighted by Crippen LogP contribution is 2.27. The van der Waals surface area contributed by atoms with Crippen molar-refractivity contribution in [3.63, 3.8) is 0 Å². The molecule has 1 heterocycles. The lowest BCUT2D eigenvalue weighted by Crippen LogP contribution is -2.13. The van der Waals surface area contributed by atoms with Crippen molar-refractivity contribution in [3.8, 4) is 0 Å². The Morgan fingerprint density at radius 3 is 2.53 bits per heavy atom. The van der Waals surface area contributed by atoms with Gasteiger partial charge in [-0.3, -0.25) is 4.72 Å². The second-order valence-electron chi connectivity index (χ2n) is 3.65. The average Bonchev–Trinajstić information content (AvgIpc) is 2.35. The Morgan fingerprint density at radius 1 is 1.16 bits per heavy atom. The van der Waals surface area contributed by atoms with Crippen molar-refractivity contribution in [2.24, 2.45) is 0 Å². The average molecular weight is 407 g/mol. The Kier molecular flexibility index (Phi) is 4.12. The minimum atomic E-state index is -3.69. The molecule has 2 rings (SSSR count). The maximum absolute atomic E-state index is 12.2. The summed E-state index contributed by atoms with van der Waals surface area (Å²) in [6.07, 6.45) is 1.36. The first-order valence-corrected chi connectivity index (χ1v) is 8.15. The Balaban J connectivity index is 2.37. The Bertz CT molecular complexity index is 702. The van der Waals surface area contributed by atoms with Crippen LogP contribution in [0.4, 0.5) is 11.5 Å². The van der Waals surface area contributed by atoms with Crippen LogP contribution in [-0.4, -0.2) is 13.4 Å². The summed E-state index contributed by atoms with van der Waals surface area (Å²) in [5, 5.41) is 0. The van der Waals surface area contributed by atoms with E-state index in [9.17, 15) is 8.42 Å². The number of halogens is 2. The van der Waals surface area contributed by atoms with Gasteiger partial charge in [0.2, 0.25) is 0 Å². The number of pyridine rings is 1. The number of aromatic nitrogens is 1. The summed E-state index contributed by atoms with van der Waals surface area (Å²) in [6.45, 7) is 0. The van der Waals surface area contributed by atoms with E-state index in [1.807, 2.05) is 0 Å². The maximum atomic E-state index is 12.2. The Hall–Kier alpha value is -1.12. The predicted molar refractivity (Wildman–Crippen MR) is 81.3 cm³/mol. The highest BCUT2D eigenvalue weighted by molar-refractivity contribution is 9.11. The van der Waals surface area contributed by atoms with Gasteiger partial charge < -0.3 is 5.73 Å². The van der Waals surface area contributed by atoms with Crippen LogP contribution in [0, 0.1) is 0 Å². The van der Waals surface area contributed by atoms with Crippen LogP contribution in [0.2, 0.25) is 0 Å². The summed E-state index contributed by atoms with van der Waals surface area (Å²) in [5.74, 6) is 0.326. The number of nitrogens with two attached hydrogens (primary N) is 1. The molecule has 0 radical (unpaired) electrons. The van der Waals surface area contributed by atoms with Crippen molar-refractivity contribution in [1.29, 1.82) is 0 Å². The van der Waals surface area contributed by atoms with Crippen molar-refractivity contribution in [2.45, 2.75) is 4.90 Å². The Morgan fingerprint density at radius 2 is 1.89 bits per heavy atom. The molecule has 0 spiro atoms. The molecule has 5 nitrogen and oxygen atoms in total. The van der Waals surface area contributed by atoms with Crippen LogP contribution in [0.1, 0.15) is 0 Å². The third-order valence-corrected chi connectivity index (χ3v) is 5.09. The quantitative estimate of drug-likeness (QED) is 0.820. The van der Waals surface area contributed by atoms with Crippen LogP contribution >= 0.6 is 31.9 Å². The fraction of sp³-hybridized carbons (Fsp3) is 0. The predicted octanol–water partition coefficient (Wildman–Crippen LogP) is 2.99. The van der Waals surface area contributed by atoms with Crippen molar-refractivity contribution >= 4 is 53.4 Å². The molecule has 8 heteroatoms. The molecule has 0 atom stereocenters. The highest BCUT2D eigenvalue weighted by Gasteiger charge is 2.18.